The molecule has 3 aromatic carbocycles. The Morgan fingerprint density at radius 2 is 1.78 bits per heavy atom. The largest absolute Gasteiger partial charge is 0.379 e. The zero-order chi connectivity index (χ0) is 23.1. The van der Waals surface area contributed by atoms with Crippen molar-refractivity contribution in [1.29, 1.82) is 5.26 Å². The van der Waals surface area contributed by atoms with Crippen LogP contribution < -0.4 is 9.50 Å². The van der Waals surface area contributed by atoms with Crippen LogP contribution in [0.5, 0.6) is 5.75 Å². The number of anilines is 1. The first-order valence-corrected chi connectivity index (χ1v) is 11.4. The Balaban J connectivity index is 1.82. The summed E-state index contributed by atoms with van der Waals surface area (Å²) in [5.41, 5.74) is 2.86. The molecular formula is C25H22N2O4S. The summed E-state index contributed by atoms with van der Waals surface area (Å²) < 4.78 is 30.3. The highest BCUT2D eigenvalue weighted by molar-refractivity contribution is 7.87. The molecule has 6 nitrogen and oxygen atoms in total. The second-order valence-electron chi connectivity index (χ2n) is 7.06. The Bertz CT molecular complexity index is 1300. The fourth-order valence-electron chi connectivity index (χ4n) is 2.99. The molecule has 0 aliphatic carbocycles. The number of para-hydroxylation sites is 1. The van der Waals surface area contributed by atoms with Gasteiger partial charge < -0.3 is 9.50 Å². The zero-order valence-electron chi connectivity index (χ0n) is 17.7. The lowest BCUT2D eigenvalue weighted by Crippen LogP contribution is -2.14. The van der Waals surface area contributed by atoms with Crippen molar-refractivity contribution in [3.05, 3.63) is 95.1 Å². The van der Waals surface area contributed by atoms with Crippen LogP contribution in [0.15, 0.2) is 83.3 Å². The third-order valence-electron chi connectivity index (χ3n) is 4.70. The average Bonchev–Trinajstić information content (AvgIpc) is 2.78. The van der Waals surface area contributed by atoms with Crippen LogP contribution in [0.2, 0.25) is 0 Å². The molecule has 7 heteroatoms. The topological polar surface area (TPSA) is 96.3 Å². The summed E-state index contributed by atoms with van der Waals surface area (Å²) in [6, 6.07) is 21.8. The van der Waals surface area contributed by atoms with Gasteiger partial charge in [-0.3, -0.25) is 4.79 Å². The molecule has 0 aliphatic heterocycles. The molecule has 162 valence electrons. The van der Waals surface area contributed by atoms with Gasteiger partial charge >= 0.3 is 10.1 Å². The second-order valence-corrected chi connectivity index (χ2v) is 8.60. The van der Waals surface area contributed by atoms with E-state index in [-0.39, 0.29) is 16.2 Å². The maximum absolute atomic E-state index is 12.6. The number of hydrogen-bond donors (Lipinski definition) is 1. The first kappa shape index (κ1) is 22.8. The second kappa shape index (κ2) is 9.94. The zero-order valence-corrected chi connectivity index (χ0v) is 18.5. The predicted octanol–water partition coefficient (Wildman–Crippen LogP) is 4.87. The van der Waals surface area contributed by atoms with Crippen LogP contribution in [0.1, 0.15) is 23.6 Å². The number of amides is 1. The summed E-state index contributed by atoms with van der Waals surface area (Å²) in [7, 11) is -4.01. The van der Waals surface area contributed by atoms with Crippen molar-refractivity contribution in [2.24, 2.45) is 0 Å². The van der Waals surface area contributed by atoms with Crippen LogP contribution in [0.3, 0.4) is 0 Å². The molecule has 0 fully saturated rings. The number of nitrogens with zero attached hydrogens (tertiary/aromatic N) is 1. The van der Waals surface area contributed by atoms with Gasteiger partial charge in [-0.2, -0.15) is 13.7 Å². The van der Waals surface area contributed by atoms with Gasteiger partial charge in [0.1, 0.15) is 22.3 Å². The maximum Gasteiger partial charge on any atom is 0.339 e. The van der Waals surface area contributed by atoms with Gasteiger partial charge in [-0.25, -0.2) is 0 Å². The first-order valence-electron chi connectivity index (χ1n) is 9.94. The Morgan fingerprint density at radius 1 is 1.06 bits per heavy atom. The third kappa shape index (κ3) is 5.62. The van der Waals surface area contributed by atoms with E-state index in [1.54, 1.807) is 36.4 Å². The van der Waals surface area contributed by atoms with E-state index in [4.69, 9.17) is 4.18 Å². The molecule has 1 N–H and O–H groups in total. The van der Waals surface area contributed by atoms with Crippen molar-refractivity contribution in [2.75, 3.05) is 5.32 Å². The van der Waals surface area contributed by atoms with E-state index in [0.717, 1.165) is 17.5 Å². The van der Waals surface area contributed by atoms with Gasteiger partial charge in [0.15, 0.2) is 0 Å². The van der Waals surface area contributed by atoms with Crippen molar-refractivity contribution in [1.82, 2.24) is 0 Å². The van der Waals surface area contributed by atoms with Crippen LogP contribution in [0.25, 0.3) is 6.08 Å². The monoisotopic (exact) mass is 446 g/mol. The molecule has 3 rings (SSSR count). The van der Waals surface area contributed by atoms with E-state index in [0.29, 0.717) is 11.3 Å². The Hall–Kier alpha value is -3.89. The maximum atomic E-state index is 12.6. The minimum absolute atomic E-state index is 0.0377. The van der Waals surface area contributed by atoms with Gasteiger partial charge in [0.25, 0.3) is 5.91 Å². The molecule has 0 radical (unpaired) electrons. The molecule has 0 bridgehead atoms. The van der Waals surface area contributed by atoms with E-state index < -0.39 is 16.0 Å². The molecular weight excluding hydrogens is 424 g/mol. The van der Waals surface area contributed by atoms with Crippen LogP contribution in [0, 0.1) is 18.3 Å². The number of nitriles is 1. The summed E-state index contributed by atoms with van der Waals surface area (Å²) in [4.78, 5) is 12.7. The summed E-state index contributed by atoms with van der Waals surface area (Å²) in [6.07, 6.45) is 2.12. The van der Waals surface area contributed by atoms with Crippen LogP contribution in [-0.2, 0) is 21.3 Å². The Morgan fingerprint density at radius 3 is 2.47 bits per heavy atom. The number of hydrogen-bond acceptors (Lipinski definition) is 5. The molecule has 0 spiro atoms. The minimum atomic E-state index is -4.01. The summed E-state index contributed by atoms with van der Waals surface area (Å²) in [5.74, 6) is -0.472. The van der Waals surface area contributed by atoms with Crippen LogP contribution in [0.4, 0.5) is 5.69 Å². The lowest BCUT2D eigenvalue weighted by Gasteiger charge is -2.09. The highest BCUT2D eigenvalue weighted by Crippen LogP contribution is 2.22. The number of carbonyl (C=O) groups is 1. The molecule has 0 saturated heterocycles. The van der Waals surface area contributed by atoms with Crippen molar-refractivity contribution in [3.8, 4) is 11.8 Å². The number of nitrogens with one attached hydrogen (secondary N) is 1. The van der Waals surface area contributed by atoms with E-state index in [1.165, 1.54) is 30.3 Å². The normalized spacial score (nSPS) is 11.5. The number of carbonyl (C=O) groups excluding carboxylic acids is 1. The smallest absolute Gasteiger partial charge is 0.339 e. The van der Waals surface area contributed by atoms with Crippen molar-refractivity contribution < 1.29 is 17.4 Å². The van der Waals surface area contributed by atoms with Gasteiger partial charge in [0.05, 0.1) is 0 Å². The molecule has 0 aliphatic rings. The highest BCUT2D eigenvalue weighted by Gasteiger charge is 2.17. The van der Waals surface area contributed by atoms with Crippen LogP contribution in [-0.4, -0.2) is 14.3 Å². The van der Waals surface area contributed by atoms with Gasteiger partial charge in [0.2, 0.25) is 0 Å². The van der Waals surface area contributed by atoms with E-state index in [9.17, 15) is 18.5 Å². The van der Waals surface area contributed by atoms with Crippen LogP contribution >= 0.6 is 0 Å². The van der Waals surface area contributed by atoms with E-state index in [2.05, 4.69) is 5.32 Å². The molecule has 0 heterocycles. The van der Waals surface area contributed by atoms with Crippen molar-refractivity contribution in [2.45, 2.75) is 25.2 Å². The van der Waals surface area contributed by atoms with Gasteiger partial charge in [-0.05, 0) is 60.9 Å². The van der Waals surface area contributed by atoms with Gasteiger partial charge in [0, 0.05) is 5.69 Å². The predicted molar refractivity (Wildman–Crippen MR) is 123 cm³/mol. The van der Waals surface area contributed by atoms with E-state index >= 15 is 0 Å². The highest BCUT2D eigenvalue weighted by atomic mass is 32.2. The lowest BCUT2D eigenvalue weighted by molar-refractivity contribution is -0.112. The molecule has 0 saturated carbocycles. The average molecular weight is 447 g/mol. The SMILES string of the molecule is CCc1ccccc1NC(=O)/C(C#N)=C\c1cccc(OS(=O)(=O)c2ccc(C)cc2)c1. The standard InChI is InChI=1S/C25H22N2O4S/c1-3-20-8-4-5-10-24(20)27-25(28)21(17-26)15-19-7-6-9-22(16-19)31-32(29,30)23-13-11-18(2)12-14-23/h4-16H,3H2,1-2H3,(H,27,28)/b21-15-. The first-order chi connectivity index (χ1) is 15.3. The fraction of sp³-hybridized carbons (Fsp3) is 0.120. The quantitative estimate of drug-likeness (QED) is 0.317. The molecule has 0 unspecified atom stereocenters. The van der Waals surface area contributed by atoms with E-state index in [1.807, 2.05) is 32.0 Å². The Labute approximate surface area is 187 Å². The van der Waals surface area contributed by atoms with Gasteiger partial charge in [-0.15, -0.1) is 0 Å². The number of aryl methyl sites for hydroxylation is 2. The molecule has 0 aromatic heterocycles. The fourth-order valence-corrected chi connectivity index (χ4v) is 3.91. The molecule has 3 aromatic rings. The summed E-state index contributed by atoms with van der Waals surface area (Å²) >= 11 is 0. The van der Waals surface area contributed by atoms with Gasteiger partial charge in [-0.1, -0.05) is 55.0 Å². The number of benzene rings is 3. The molecule has 0 atom stereocenters. The van der Waals surface area contributed by atoms with Crippen molar-refractivity contribution >= 4 is 27.8 Å². The Kier molecular flexibility index (Phi) is 7.08. The minimum Gasteiger partial charge on any atom is -0.379 e. The summed E-state index contributed by atoms with van der Waals surface area (Å²) in [5, 5.41) is 12.2. The molecule has 1 amide bonds. The molecule has 32 heavy (non-hydrogen) atoms. The number of rotatable bonds is 7. The lowest BCUT2D eigenvalue weighted by atomic mass is 10.1. The van der Waals surface area contributed by atoms with Crippen molar-refractivity contribution in [3.63, 3.8) is 0 Å². The third-order valence-corrected chi connectivity index (χ3v) is 5.96. The summed E-state index contributed by atoms with van der Waals surface area (Å²) in [6.45, 7) is 3.83.